The molecule has 0 fully saturated rings. The molecule has 106 valence electrons. The lowest BCUT2D eigenvalue weighted by Crippen LogP contribution is -2.05. The van der Waals surface area contributed by atoms with Crippen LogP contribution in [0.5, 0.6) is 0 Å². The van der Waals surface area contributed by atoms with Crippen molar-refractivity contribution in [2.45, 2.75) is 13.8 Å². The van der Waals surface area contributed by atoms with Gasteiger partial charge in [-0.3, -0.25) is 9.59 Å². The van der Waals surface area contributed by atoms with Crippen molar-refractivity contribution < 1.29 is 9.59 Å². The quantitative estimate of drug-likeness (QED) is 0.752. The van der Waals surface area contributed by atoms with E-state index in [0.29, 0.717) is 0 Å². The van der Waals surface area contributed by atoms with Crippen LogP contribution in [0.1, 0.15) is 13.8 Å². The molecule has 1 heterocycles. The first kappa shape index (κ1) is 13.6. The summed E-state index contributed by atoms with van der Waals surface area (Å²) in [5.41, 5.74) is 1.55. The molecular weight excluding hydrogens is 284 g/mol. The van der Waals surface area contributed by atoms with Gasteiger partial charge in [-0.15, -0.1) is 11.3 Å². The second kappa shape index (κ2) is 5.18. The van der Waals surface area contributed by atoms with Crippen molar-refractivity contribution in [1.82, 2.24) is 0 Å². The van der Waals surface area contributed by atoms with Gasteiger partial charge in [0.15, 0.2) is 0 Å². The van der Waals surface area contributed by atoms with Gasteiger partial charge in [0.2, 0.25) is 11.8 Å². The van der Waals surface area contributed by atoms with Gasteiger partial charge in [0.25, 0.3) is 0 Å². The van der Waals surface area contributed by atoms with Crippen LogP contribution in [0.15, 0.2) is 36.4 Å². The molecule has 0 bridgehead atoms. The third-order valence-corrected chi connectivity index (χ3v) is 4.26. The van der Waals surface area contributed by atoms with Crippen LogP contribution in [0.25, 0.3) is 20.2 Å². The average molecular weight is 298 g/mol. The molecule has 4 nitrogen and oxygen atoms in total. The molecule has 0 radical (unpaired) electrons. The Labute approximate surface area is 125 Å². The monoisotopic (exact) mass is 298 g/mol. The summed E-state index contributed by atoms with van der Waals surface area (Å²) in [6, 6.07) is 11.7. The van der Waals surface area contributed by atoms with Crippen LogP contribution >= 0.6 is 11.3 Å². The second-order valence-corrected chi connectivity index (χ2v) is 5.97. The fourth-order valence-corrected chi connectivity index (χ4v) is 3.41. The summed E-state index contributed by atoms with van der Waals surface area (Å²) in [6.45, 7) is 2.98. The Hall–Kier alpha value is -2.40. The van der Waals surface area contributed by atoms with E-state index in [0.717, 1.165) is 31.5 Å². The molecule has 0 unspecified atom stereocenters. The first-order chi connectivity index (χ1) is 10.0. The largest absolute Gasteiger partial charge is 0.326 e. The van der Waals surface area contributed by atoms with Gasteiger partial charge in [0.05, 0.1) is 0 Å². The molecular formula is C16H14N2O2S. The van der Waals surface area contributed by atoms with Crippen LogP contribution in [0.2, 0.25) is 0 Å². The van der Waals surface area contributed by atoms with Crippen molar-refractivity contribution >= 4 is 54.7 Å². The molecule has 5 heteroatoms. The molecule has 0 atom stereocenters. The lowest BCUT2D eigenvalue weighted by atomic mass is 10.1. The molecule has 3 rings (SSSR count). The summed E-state index contributed by atoms with van der Waals surface area (Å²) in [4.78, 5) is 22.3. The Morgan fingerprint density at radius 2 is 1.24 bits per heavy atom. The number of carbonyl (C=O) groups excluding carboxylic acids is 2. The topological polar surface area (TPSA) is 58.2 Å². The van der Waals surface area contributed by atoms with Crippen LogP contribution < -0.4 is 10.6 Å². The van der Waals surface area contributed by atoms with Crippen LogP contribution in [-0.2, 0) is 9.59 Å². The van der Waals surface area contributed by atoms with Gasteiger partial charge in [-0.25, -0.2) is 0 Å². The van der Waals surface area contributed by atoms with Crippen molar-refractivity contribution in [1.29, 1.82) is 0 Å². The number of rotatable bonds is 2. The summed E-state index contributed by atoms with van der Waals surface area (Å²) in [7, 11) is 0. The molecule has 0 saturated carbocycles. The first-order valence-corrected chi connectivity index (χ1v) is 7.36. The number of benzene rings is 2. The number of nitrogens with one attached hydrogen (secondary N) is 2. The van der Waals surface area contributed by atoms with Crippen LogP contribution in [0.4, 0.5) is 11.4 Å². The highest BCUT2D eigenvalue weighted by molar-refractivity contribution is 7.25. The van der Waals surface area contributed by atoms with E-state index in [-0.39, 0.29) is 11.8 Å². The number of carbonyl (C=O) groups is 2. The molecule has 0 aliphatic rings. The Bertz CT molecular complexity index is 797. The lowest BCUT2D eigenvalue weighted by molar-refractivity contribution is -0.115. The molecule has 0 saturated heterocycles. The molecule has 0 spiro atoms. The maximum Gasteiger partial charge on any atom is 0.221 e. The summed E-state index contributed by atoms with van der Waals surface area (Å²) in [5.74, 6) is -0.180. The van der Waals surface area contributed by atoms with Gasteiger partial charge in [0.1, 0.15) is 0 Å². The van der Waals surface area contributed by atoms with E-state index >= 15 is 0 Å². The predicted octanol–water partition coefficient (Wildman–Crippen LogP) is 3.97. The third-order valence-electron chi connectivity index (χ3n) is 3.11. The molecule has 2 aromatic carbocycles. The molecule has 2 N–H and O–H groups in total. The van der Waals surface area contributed by atoms with E-state index < -0.39 is 0 Å². The number of anilines is 2. The van der Waals surface area contributed by atoms with E-state index in [9.17, 15) is 9.59 Å². The second-order valence-electron chi connectivity index (χ2n) is 4.89. The fraction of sp³-hybridized carbons (Fsp3) is 0.125. The summed E-state index contributed by atoms with van der Waals surface area (Å²) in [6.07, 6.45) is 0. The highest BCUT2D eigenvalue weighted by atomic mass is 32.1. The normalized spacial score (nSPS) is 10.8. The molecule has 1 aromatic heterocycles. The highest BCUT2D eigenvalue weighted by Crippen LogP contribution is 2.36. The van der Waals surface area contributed by atoms with E-state index in [1.165, 1.54) is 13.8 Å². The lowest BCUT2D eigenvalue weighted by Gasteiger charge is -2.03. The van der Waals surface area contributed by atoms with E-state index in [1.807, 2.05) is 36.4 Å². The molecule has 2 amide bonds. The fourth-order valence-electron chi connectivity index (χ4n) is 2.34. The Morgan fingerprint density at radius 1 is 0.810 bits per heavy atom. The number of hydrogen-bond donors (Lipinski definition) is 2. The van der Waals surface area contributed by atoms with Crippen LogP contribution in [0.3, 0.4) is 0 Å². The van der Waals surface area contributed by atoms with Crippen molar-refractivity contribution in [3.05, 3.63) is 36.4 Å². The zero-order chi connectivity index (χ0) is 15.0. The van der Waals surface area contributed by atoms with Gasteiger partial charge >= 0.3 is 0 Å². The third kappa shape index (κ3) is 2.73. The van der Waals surface area contributed by atoms with Gasteiger partial charge in [-0.2, -0.15) is 0 Å². The van der Waals surface area contributed by atoms with E-state index in [2.05, 4.69) is 10.6 Å². The Balaban J connectivity index is 2.16. The molecule has 3 aromatic rings. The Morgan fingerprint density at radius 3 is 1.62 bits per heavy atom. The van der Waals surface area contributed by atoms with Crippen molar-refractivity contribution in [3.63, 3.8) is 0 Å². The number of fused-ring (bicyclic) bond motifs is 3. The standard InChI is InChI=1S/C16H14N2O2S/c1-9(19)17-11-3-5-15-13(7-11)14-8-12(18-10(2)20)4-6-16(14)21-15/h3-8H,1-2H3,(H,17,19)(H,18,20). The summed E-state index contributed by atoms with van der Waals surface area (Å²) < 4.78 is 2.30. The minimum atomic E-state index is -0.0900. The number of hydrogen-bond acceptors (Lipinski definition) is 3. The number of thiophene rings is 1. The van der Waals surface area contributed by atoms with Gasteiger partial charge in [-0.05, 0) is 36.4 Å². The molecule has 0 aliphatic heterocycles. The Kier molecular flexibility index (Phi) is 3.35. The minimum absolute atomic E-state index is 0.0900. The smallest absolute Gasteiger partial charge is 0.221 e. The highest BCUT2D eigenvalue weighted by Gasteiger charge is 2.08. The SMILES string of the molecule is CC(=O)Nc1ccc2sc3ccc(NC(C)=O)cc3c2c1. The van der Waals surface area contributed by atoms with Crippen molar-refractivity contribution in [3.8, 4) is 0 Å². The van der Waals surface area contributed by atoms with E-state index in [1.54, 1.807) is 11.3 Å². The average Bonchev–Trinajstić information content (AvgIpc) is 2.75. The van der Waals surface area contributed by atoms with E-state index in [4.69, 9.17) is 0 Å². The zero-order valence-electron chi connectivity index (χ0n) is 11.7. The molecule has 0 aliphatic carbocycles. The molecule has 21 heavy (non-hydrogen) atoms. The first-order valence-electron chi connectivity index (χ1n) is 6.54. The van der Waals surface area contributed by atoms with Gasteiger partial charge < -0.3 is 10.6 Å². The zero-order valence-corrected chi connectivity index (χ0v) is 12.5. The van der Waals surface area contributed by atoms with Crippen LogP contribution in [0, 0.1) is 0 Å². The van der Waals surface area contributed by atoms with Crippen molar-refractivity contribution in [2.75, 3.05) is 10.6 Å². The number of amides is 2. The van der Waals surface area contributed by atoms with Gasteiger partial charge in [0, 0.05) is 45.4 Å². The maximum atomic E-state index is 11.2. The summed E-state index contributed by atoms with van der Waals surface area (Å²) in [5, 5.41) is 7.74. The predicted molar refractivity (Wildman–Crippen MR) is 87.9 cm³/mol. The van der Waals surface area contributed by atoms with Crippen molar-refractivity contribution in [2.24, 2.45) is 0 Å². The van der Waals surface area contributed by atoms with Crippen LogP contribution in [-0.4, -0.2) is 11.8 Å². The summed E-state index contributed by atoms with van der Waals surface area (Å²) >= 11 is 1.69. The maximum absolute atomic E-state index is 11.2. The minimum Gasteiger partial charge on any atom is -0.326 e. The van der Waals surface area contributed by atoms with Gasteiger partial charge in [-0.1, -0.05) is 0 Å².